The Kier molecular flexibility index (Phi) is 10.3. The maximum absolute atomic E-state index is 15.4. The minimum atomic E-state index is -1.54. The molecule has 1 aliphatic carbocycles. The Bertz CT molecular complexity index is 1620. The number of amides is 3. The SMILES string of the molecule is CC(C)(C)[S+]([O-])NC(CCC1CC1)(c1cccc(C#N)c1)c1ccc(F)c(NC(=O)C2CCCN2C(=O)Nc2ccc(Cl)cc2)c1. The number of nitriles is 1. The average Bonchev–Trinajstić information content (AvgIpc) is 3.73. The molecular weight excluding hydrogens is 625 g/mol. The number of likely N-dealkylation sites (tertiary alicyclic amines) is 1. The van der Waals surface area contributed by atoms with Crippen LogP contribution in [0.2, 0.25) is 5.02 Å². The molecule has 1 heterocycles. The van der Waals surface area contributed by atoms with Crippen LogP contribution in [0.25, 0.3) is 0 Å². The Hall–Kier alpha value is -3.62. The van der Waals surface area contributed by atoms with Crippen LogP contribution in [-0.2, 0) is 21.7 Å². The highest BCUT2D eigenvalue weighted by molar-refractivity contribution is 7.90. The van der Waals surface area contributed by atoms with Crippen LogP contribution in [0.15, 0.2) is 66.7 Å². The fourth-order valence-electron chi connectivity index (χ4n) is 5.73. The van der Waals surface area contributed by atoms with Gasteiger partial charge in [-0.3, -0.25) is 4.79 Å². The predicted molar refractivity (Wildman–Crippen MR) is 180 cm³/mol. The van der Waals surface area contributed by atoms with E-state index in [4.69, 9.17) is 11.6 Å². The first-order valence-electron chi connectivity index (χ1n) is 15.5. The van der Waals surface area contributed by atoms with Crippen LogP contribution < -0.4 is 15.4 Å². The fraction of sp³-hybridized carbons (Fsp3) is 0.400. The Morgan fingerprint density at radius 2 is 1.76 bits per heavy atom. The molecule has 1 saturated heterocycles. The molecule has 3 amide bonds. The van der Waals surface area contributed by atoms with Crippen molar-refractivity contribution >= 4 is 46.3 Å². The van der Waals surface area contributed by atoms with E-state index in [1.807, 2.05) is 26.8 Å². The zero-order valence-electron chi connectivity index (χ0n) is 26.2. The van der Waals surface area contributed by atoms with Crippen molar-refractivity contribution in [1.29, 1.82) is 5.26 Å². The lowest BCUT2D eigenvalue weighted by Gasteiger charge is -2.39. The Labute approximate surface area is 278 Å². The van der Waals surface area contributed by atoms with Crippen molar-refractivity contribution in [2.45, 2.75) is 75.6 Å². The van der Waals surface area contributed by atoms with Crippen molar-refractivity contribution in [2.24, 2.45) is 5.92 Å². The normalized spacial score (nSPS) is 18.4. The van der Waals surface area contributed by atoms with Gasteiger partial charge in [0.2, 0.25) is 5.91 Å². The summed E-state index contributed by atoms with van der Waals surface area (Å²) in [4.78, 5) is 28.2. The first kappa shape index (κ1) is 33.7. The van der Waals surface area contributed by atoms with Gasteiger partial charge >= 0.3 is 6.03 Å². The van der Waals surface area contributed by atoms with Gasteiger partial charge in [-0.1, -0.05) is 42.6 Å². The van der Waals surface area contributed by atoms with E-state index < -0.39 is 45.4 Å². The maximum Gasteiger partial charge on any atom is 0.322 e. The van der Waals surface area contributed by atoms with E-state index in [0.717, 1.165) is 24.8 Å². The van der Waals surface area contributed by atoms with Gasteiger partial charge in [0, 0.05) is 28.6 Å². The molecule has 2 aliphatic rings. The molecule has 0 radical (unpaired) electrons. The van der Waals surface area contributed by atoms with Crippen LogP contribution in [0, 0.1) is 23.1 Å². The second-order valence-corrected chi connectivity index (χ2v) is 15.4. The number of anilines is 2. The van der Waals surface area contributed by atoms with Gasteiger partial charge in [-0.15, -0.1) is 4.72 Å². The highest BCUT2D eigenvalue weighted by Gasteiger charge is 2.44. The van der Waals surface area contributed by atoms with Gasteiger partial charge in [-0.25, -0.2) is 9.18 Å². The number of carbonyl (C=O) groups excluding carboxylic acids is 2. The molecule has 3 unspecified atom stereocenters. The third kappa shape index (κ3) is 7.84. The maximum atomic E-state index is 15.4. The van der Waals surface area contributed by atoms with E-state index in [1.54, 1.807) is 54.6 Å². The molecule has 3 N–H and O–H groups in total. The minimum Gasteiger partial charge on any atom is -0.598 e. The van der Waals surface area contributed by atoms with Crippen LogP contribution in [-0.4, -0.2) is 38.7 Å². The molecule has 46 heavy (non-hydrogen) atoms. The molecule has 0 aromatic heterocycles. The standard InChI is InChI=1S/C35H39ClFN5O3S/c1-34(2,3)46(45)41-35(18-17-23-9-10-23,25-7-4-6-24(20-25)22-38)26-11-16-29(37)30(21-26)40-32(43)31-8-5-19-42(31)33(44)39-28-14-12-27(36)13-15-28/h4,6-7,11-16,20-21,23,31,41H,5,8-10,17-19H2,1-3H3,(H,39,44)(H,40,43). The topological polar surface area (TPSA) is 120 Å². The zero-order valence-corrected chi connectivity index (χ0v) is 27.8. The van der Waals surface area contributed by atoms with Gasteiger partial charge in [0.1, 0.15) is 22.1 Å². The van der Waals surface area contributed by atoms with Crippen LogP contribution in [0.4, 0.5) is 20.6 Å². The highest BCUT2D eigenvalue weighted by atomic mass is 35.5. The summed E-state index contributed by atoms with van der Waals surface area (Å²) in [5.74, 6) is -0.595. The smallest absolute Gasteiger partial charge is 0.322 e. The van der Waals surface area contributed by atoms with Crippen LogP contribution in [0.1, 0.15) is 76.0 Å². The largest absolute Gasteiger partial charge is 0.598 e. The Morgan fingerprint density at radius 3 is 2.43 bits per heavy atom. The molecule has 0 spiro atoms. The summed E-state index contributed by atoms with van der Waals surface area (Å²) in [6.07, 6.45) is 4.67. The number of nitrogens with zero attached hydrogens (tertiary/aromatic N) is 2. The molecule has 2 fully saturated rings. The van der Waals surface area contributed by atoms with E-state index in [0.29, 0.717) is 53.6 Å². The summed E-state index contributed by atoms with van der Waals surface area (Å²) in [5, 5.41) is 15.8. The van der Waals surface area contributed by atoms with E-state index in [1.165, 1.54) is 11.0 Å². The van der Waals surface area contributed by atoms with Crippen LogP contribution in [0.5, 0.6) is 0 Å². The molecule has 3 atom stereocenters. The van der Waals surface area contributed by atoms with Crippen molar-refractivity contribution in [1.82, 2.24) is 9.62 Å². The average molecular weight is 664 g/mol. The summed E-state index contributed by atoms with van der Waals surface area (Å²) in [5.41, 5.74) is 1.25. The lowest BCUT2D eigenvalue weighted by Crippen LogP contribution is -2.52. The third-order valence-corrected chi connectivity index (χ3v) is 10.5. The second kappa shape index (κ2) is 14.0. The van der Waals surface area contributed by atoms with E-state index >= 15 is 4.39 Å². The molecule has 3 aromatic rings. The van der Waals surface area contributed by atoms with Crippen LogP contribution in [0.3, 0.4) is 0 Å². The van der Waals surface area contributed by atoms with Crippen molar-refractivity contribution < 1.29 is 18.5 Å². The van der Waals surface area contributed by atoms with Gasteiger partial charge < -0.3 is 20.1 Å². The summed E-state index contributed by atoms with van der Waals surface area (Å²) in [6, 6.07) is 19.3. The fourth-order valence-corrected chi connectivity index (χ4v) is 6.82. The van der Waals surface area contributed by atoms with E-state index in [9.17, 15) is 19.4 Å². The molecular formula is C35H39ClFN5O3S. The summed E-state index contributed by atoms with van der Waals surface area (Å²) < 4.78 is 32.0. The Morgan fingerprint density at radius 1 is 1.04 bits per heavy atom. The number of benzene rings is 3. The number of urea groups is 1. The first-order valence-corrected chi connectivity index (χ1v) is 17.1. The highest BCUT2D eigenvalue weighted by Crippen LogP contribution is 2.43. The number of nitrogens with one attached hydrogen (secondary N) is 3. The van der Waals surface area contributed by atoms with Crippen LogP contribution >= 0.6 is 11.6 Å². The van der Waals surface area contributed by atoms with Crippen molar-refractivity contribution in [3.63, 3.8) is 0 Å². The van der Waals surface area contributed by atoms with Gasteiger partial charge in [0.05, 0.1) is 17.3 Å². The number of hydrogen-bond donors (Lipinski definition) is 3. The minimum absolute atomic E-state index is 0.0389. The second-order valence-electron chi connectivity index (χ2n) is 13.0. The van der Waals surface area contributed by atoms with Crippen molar-refractivity contribution in [2.75, 3.05) is 17.2 Å². The summed E-state index contributed by atoms with van der Waals surface area (Å²) in [6.45, 7) is 6.00. The van der Waals surface area contributed by atoms with Gasteiger partial charge in [0.15, 0.2) is 0 Å². The molecule has 242 valence electrons. The summed E-state index contributed by atoms with van der Waals surface area (Å²) in [7, 11) is 0. The van der Waals surface area contributed by atoms with Gasteiger partial charge in [0.25, 0.3) is 0 Å². The lowest BCUT2D eigenvalue weighted by molar-refractivity contribution is -0.119. The number of carbonyl (C=O) groups is 2. The van der Waals surface area contributed by atoms with Gasteiger partial charge in [-0.2, -0.15) is 5.26 Å². The van der Waals surface area contributed by atoms with E-state index in [2.05, 4.69) is 21.4 Å². The van der Waals surface area contributed by atoms with Gasteiger partial charge in [-0.05, 0) is 112 Å². The molecule has 0 bridgehead atoms. The molecule has 1 aliphatic heterocycles. The molecule has 11 heteroatoms. The molecule has 8 nitrogen and oxygen atoms in total. The quantitative estimate of drug-likeness (QED) is 0.194. The molecule has 5 rings (SSSR count). The molecule has 1 saturated carbocycles. The first-order chi connectivity index (χ1) is 21.9. The number of halogens is 2. The monoisotopic (exact) mass is 663 g/mol. The molecule has 3 aromatic carbocycles. The summed E-state index contributed by atoms with van der Waals surface area (Å²) >= 11 is 4.42. The van der Waals surface area contributed by atoms with Crippen molar-refractivity contribution in [3.8, 4) is 6.07 Å². The number of hydrogen-bond acceptors (Lipinski definition) is 5. The van der Waals surface area contributed by atoms with E-state index in [-0.39, 0.29) is 5.69 Å². The third-order valence-electron chi connectivity index (χ3n) is 8.56. The lowest BCUT2D eigenvalue weighted by atomic mass is 9.79. The van der Waals surface area contributed by atoms with Crippen molar-refractivity contribution in [3.05, 3.63) is 94.3 Å². The Balaban J connectivity index is 1.47. The number of rotatable bonds is 10. The predicted octanol–water partition coefficient (Wildman–Crippen LogP) is 7.47. The zero-order chi connectivity index (χ0) is 33.1.